The summed E-state index contributed by atoms with van der Waals surface area (Å²) in [6.07, 6.45) is 5.07. The van der Waals surface area contributed by atoms with Gasteiger partial charge in [0.05, 0.1) is 25.9 Å². The monoisotopic (exact) mass is 293 g/mol. The Morgan fingerprint density at radius 2 is 2.48 bits per heavy atom. The molecule has 2 heterocycles. The van der Waals surface area contributed by atoms with E-state index >= 15 is 0 Å². The summed E-state index contributed by atoms with van der Waals surface area (Å²) < 4.78 is 7.38. The molecule has 0 bridgehead atoms. The number of hydrogen-bond acceptors (Lipinski definition) is 3. The molecule has 1 atom stereocenters. The van der Waals surface area contributed by atoms with Crippen LogP contribution in [-0.2, 0) is 11.3 Å². The molecule has 0 radical (unpaired) electrons. The Balaban J connectivity index is 1.85. The van der Waals surface area contributed by atoms with Crippen LogP contribution in [0.4, 0.5) is 0 Å². The van der Waals surface area contributed by atoms with Crippen LogP contribution in [0.5, 0.6) is 0 Å². The van der Waals surface area contributed by atoms with Crippen molar-refractivity contribution in [3.05, 3.63) is 18.0 Å². The minimum absolute atomic E-state index is 0.618. The third-order valence-corrected chi connectivity index (χ3v) is 3.61. The Morgan fingerprint density at radius 1 is 1.62 bits per heavy atom. The molecule has 1 N–H and O–H groups in total. The van der Waals surface area contributed by atoms with Gasteiger partial charge in [-0.25, -0.2) is 0 Å². The lowest BCUT2D eigenvalue weighted by Crippen LogP contribution is -2.41. The molecule has 6 heteroatoms. The fourth-order valence-corrected chi connectivity index (χ4v) is 2.52. The van der Waals surface area contributed by atoms with Crippen molar-refractivity contribution >= 4 is 5.96 Å². The summed E-state index contributed by atoms with van der Waals surface area (Å²) in [5.74, 6) is 1.58. The summed E-state index contributed by atoms with van der Waals surface area (Å²) in [6, 6.07) is 0. The largest absolute Gasteiger partial charge is 0.381 e. The zero-order valence-electron chi connectivity index (χ0n) is 13.4. The Bertz CT molecular complexity index is 451. The smallest absolute Gasteiger partial charge is 0.193 e. The molecule has 1 aromatic heterocycles. The molecular weight excluding hydrogens is 266 g/mol. The molecule has 6 nitrogen and oxygen atoms in total. The molecule has 0 aliphatic carbocycles. The maximum atomic E-state index is 5.44. The predicted molar refractivity (Wildman–Crippen MR) is 84.5 cm³/mol. The predicted octanol–water partition coefficient (Wildman–Crippen LogP) is 1.13. The SMILES string of the molecule is CCNC(=NCCn1cc(C)cn1)N(C)CC1CCOC1. The van der Waals surface area contributed by atoms with Gasteiger partial charge in [-0.1, -0.05) is 0 Å². The van der Waals surface area contributed by atoms with Crippen molar-refractivity contribution < 1.29 is 4.74 Å². The molecule has 1 aromatic rings. The lowest BCUT2D eigenvalue weighted by Gasteiger charge is -2.24. The number of nitrogens with one attached hydrogen (secondary N) is 1. The maximum absolute atomic E-state index is 5.44. The first-order valence-electron chi connectivity index (χ1n) is 7.75. The van der Waals surface area contributed by atoms with Crippen molar-refractivity contribution in [2.45, 2.75) is 26.8 Å². The van der Waals surface area contributed by atoms with Gasteiger partial charge in [-0.2, -0.15) is 5.10 Å². The van der Waals surface area contributed by atoms with Gasteiger partial charge in [-0.3, -0.25) is 9.67 Å². The first-order chi connectivity index (χ1) is 10.2. The third-order valence-electron chi connectivity index (χ3n) is 3.61. The Labute approximate surface area is 127 Å². The fourth-order valence-electron chi connectivity index (χ4n) is 2.52. The van der Waals surface area contributed by atoms with Crippen LogP contribution in [-0.4, -0.2) is 60.5 Å². The van der Waals surface area contributed by atoms with Gasteiger partial charge in [-0.15, -0.1) is 0 Å². The maximum Gasteiger partial charge on any atom is 0.193 e. The average molecular weight is 293 g/mol. The van der Waals surface area contributed by atoms with E-state index in [0.29, 0.717) is 5.92 Å². The molecule has 1 aliphatic heterocycles. The number of ether oxygens (including phenoxy) is 1. The average Bonchev–Trinajstić information content (AvgIpc) is 3.09. The van der Waals surface area contributed by atoms with E-state index in [9.17, 15) is 0 Å². The molecule has 1 fully saturated rings. The van der Waals surface area contributed by atoms with Crippen molar-refractivity contribution in [3.63, 3.8) is 0 Å². The molecular formula is C15H27N5O. The van der Waals surface area contributed by atoms with Crippen LogP contribution in [0, 0.1) is 12.8 Å². The zero-order chi connectivity index (χ0) is 15.1. The molecule has 21 heavy (non-hydrogen) atoms. The van der Waals surface area contributed by atoms with E-state index in [1.54, 1.807) is 0 Å². The number of guanidine groups is 1. The summed E-state index contributed by atoms with van der Waals surface area (Å²) in [4.78, 5) is 6.90. The van der Waals surface area contributed by atoms with Gasteiger partial charge in [-0.05, 0) is 25.8 Å². The van der Waals surface area contributed by atoms with Gasteiger partial charge in [0.25, 0.3) is 0 Å². The highest BCUT2D eigenvalue weighted by atomic mass is 16.5. The van der Waals surface area contributed by atoms with E-state index in [1.807, 2.05) is 24.0 Å². The van der Waals surface area contributed by atoms with E-state index in [1.165, 1.54) is 5.56 Å². The third kappa shape index (κ3) is 5.04. The highest BCUT2D eigenvalue weighted by Crippen LogP contribution is 2.13. The number of aryl methyl sites for hydroxylation is 1. The van der Waals surface area contributed by atoms with Gasteiger partial charge >= 0.3 is 0 Å². The Hall–Kier alpha value is -1.56. The van der Waals surface area contributed by atoms with Gasteiger partial charge < -0.3 is 15.0 Å². The van der Waals surface area contributed by atoms with E-state index in [0.717, 1.165) is 51.8 Å². The molecule has 0 aromatic carbocycles. The highest BCUT2D eigenvalue weighted by Gasteiger charge is 2.18. The second-order valence-corrected chi connectivity index (χ2v) is 5.63. The molecule has 0 saturated carbocycles. The number of hydrogen-bond donors (Lipinski definition) is 1. The first-order valence-corrected chi connectivity index (χ1v) is 7.75. The van der Waals surface area contributed by atoms with Crippen molar-refractivity contribution in [3.8, 4) is 0 Å². The molecule has 0 spiro atoms. The lowest BCUT2D eigenvalue weighted by atomic mass is 10.1. The van der Waals surface area contributed by atoms with E-state index in [-0.39, 0.29) is 0 Å². The van der Waals surface area contributed by atoms with E-state index < -0.39 is 0 Å². The Kier molecular flexibility index (Phi) is 6.04. The van der Waals surface area contributed by atoms with Crippen LogP contribution in [0.15, 0.2) is 17.4 Å². The lowest BCUT2D eigenvalue weighted by molar-refractivity contribution is 0.181. The van der Waals surface area contributed by atoms with E-state index in [2.05, 4.69) is 34.3 Å². The van der Waals surface area contributed by atoms with Crippen molar-refractivity contribution in [1.82, 2.24) is 20.0 Å². The first kappa shape index (κ1) is 15.8. The molecule has 1 unspecified atom stereocenters. The quantitative estimate of drug-likeness (QED) is 0.631. The second-order valence-electron chi connectivity index (χ2n) is 5.63. The normalized spacial score (nSPS) is 19.0. The highest BCUT2D eigenvalue weighted by molar-refractivity contribution is 5.79. The number of rotatable bonds is 6. The van der Waals surface area contributed by atoms with Crippen LogP contribution < -0.4 is 5.32 Å². The number of aromatic nitrogens is 2. The molecule has 2 rings (SSSR count). The van der Waals surface area contributed by atoms with E-state index in [4.69, 9.17) is 4.74 Å². The second kappa shape index (κ2) is 8.02. The van der Waals surface area contributed by atoms with Gasteiger partial charge in [0.15, 0.2) is 5.96 Å². The van der Waals surface area contributed by atoms with Gasteiger partial charge in [0, 0.05) is 38.9 Å². The van der Waals surface area contributed by atoms with Gasteiger partial charge in [0.2, 0.25) is 0 Å². The van der Waals surface area contributed by atoms with Crippen molar-refractivity contribution in [2.24, 2.45) is 10.9 Å². The molecule has 0 amide bonds. The topological polar surface area (TPSA) is 54.7 Å². The minimum atomic E-state index is 0.618. The summed E-state index contributed by atoms with van der Waals surface area (Å²) in [5, 5.41) is 7.64. The zero-order valence-corrected chi connectivity index (χ0v) is 13.4. The Morgan fingerprint density at radius 3 is 3.10 bits per heavy atom. The molecule has 1 aliphatic rings. The summed E-state index contributed by atoms with van der Waals surface area (Å²) in [5.41, 5.74) is 1.18. The van der Waals surface area contributed by atoms with Gasteiger partial charge in [0.1, 0.15) is 0 Å². The minimum Gasteiger partial charge on any atom is -0.381 e. The standard InChI is InChI=1S/C15H27N5O/c1-4-16-15(19(3)11-14-5-8-21-12-14)17-6-7-20-10-13(2)9-18-20/h9-10,14H,4-8,11-12H2,1-3H3,(H,16,17). The van der Waals surface area contributed by atoms with Crippen LogP contribution in [0.25, 0.3) is 0 Å². The van der Waals surface area contributed by atoms with Crippen LogP contribution in [0.3, 0.4) is 0 Å². The molecule has 118 valence electrons. The number of nitrogens with zero attached hydrogens (tertiary/aromatic N) is 4. The molecule has 1 saturated heterocycles. The summed E-state index contributed by atoms with van der Waals surface area (Å²) >= 11 is 0. The summed E-state index contributed by atoms with van der Waals surface area (Å²) in [7, 11) is 2.10. The fraction of sp³-hybridized carbons (Fsp3) is 0.733. The number of aliphatic imine (C=N–C) groups is 1. The van der Waals surface area contributed by atoms with Crippen LogP contribution >= 0.6 is 0 Å². The van der Waals surface area contributed by atoms with Crippen LogP contribution in [0.1, 0.15) is 18.9 Å². The van der Waals surface area contributed by atoms with Crippen LogP contribution in [0.2, 0.25) is 0 Å². The van der Waals surface area contributed by atoms with Crippen molar-refractivity contribution in [2.75, 3.05) is 39.9 Å². The van der Waals surface area contributed by atoms with Crippen molar-refractivity contribution in [1.29, 1.82) is 0 Å². The summed E-state index contributed by atoms with van der Waals surface area (Å²) in [6.45, 7) is 9.32.